The van der Waals surface area contributed by atoms with Crippen LogP contribution in [0.3, 0.4) is 0 Å². The van der Waals surface area contributed by atoms with Crippen LogP contribution in [-0.2, 0) is 4.79 Å². The second-order valence-corrected chi connectivity index (χ2v) is 21.1. The van der Waals surface area contributed by atoms with Gasteiger partial charge in [0.15, 0.2) is 0 Å². The van der Waals surface area contributed by atoms with Crippen molar-refractivity contribution in [2.45, 2.75) is 117 Å². The van der Waals surface area contributed by atoms with Crippen LogP contribution >= 0.6 is 0 Å². The predicted octanol–water partition coefficient (Wildman–Crippen LogP) is 7.62. The van der Waals surface area contributed by atoms with Crippen LogP contribution < -0.4 is 0 Å². The molecule has 1 nitrogen and oxygen atoms in total. The molecule has 0 unspecified atom stereocenters. The van der Waals surface area contributed by atoms with Gasteiger partial charge in [0, 0.05) is 6.42 Å². The van der Waals surface area contributed by atoms with Gasteiger partial charge in [-0.3, -0.25) is 0 Å². The van der Waals surface area contributed by atoms with Crippen LogP contribution in [0.5, 0.6) is 0 Å². The van der Waals surface area contributed by atoms with E-state index in [-0.39, 0.29) is 0 Å². The van der Waals surface area contributed by atoms with Gasteiger partial charge in [-0.05, 0) is 6.42 Å². The summed E-state index contributed by atoms with van der Waals surface area (Å²) in [5.74, 6) is 0. The molecule has 0 rings (SSSR count). The van der Waals surface area contributed by atoms with Crippen molar-refractivity contribution in [3.05, 3.63) is 0 Å². The summed E-state index contributed by atoms with van der Waals surface area (Å²) in [4.78, 5) is 9.40. The Balaban J connectivity index is 0. The SMILES string of the molecule is CCCC=O.CCC[CH2][Sn]([CH2]CCC)([CH2]CCC)[CH2]CCC. The average molecular weight is 419 g/mol. The predicted molar refractivity (Wildman–Crippen MR) is 106 cm³/mol. The van der Waals surface area contributed by atoms with E-state index < -0.39 is 18.4 Å². The van der Waals surface area contributed by atoms with E-state index in [1.165, 1.54) is 51.4 Å². The minimum atomic E-state index is -1.69. The van der Waals surface area contributed by atoms with Crippen molar-refractivity contribution in [2.24, 2.45) is 0 Å². The Hall–Kier alpha value is 0.469. The summed E-state index contributed by atoms with van der Waals surface area (Å²) >= 11 is -1.69. The molecule has 0 saturated heterocycles. The van der Waals surface area contributed by atoms with Crippen LogP contribution in [0.1, 0.15) is 98.8 Å². The molecule has 0 aliphatic heterocycles. The molecular formula is C20H44OSn. The molecule has 0 N–H and O–H groups in total. The first-order valence-corrected chi connectivity index (χ1v) is 18.2. The fraction of sp³-hybridized carbons (Fsp3) is 0.950. The molecule has 22 heavy (non-hydrogen) atoms. The zero-order valence-corrected chi connectivity index (χ0v) is 19.2. The van der Waals surface area contributed by atoms with E-state index in [2.05, 4.69) is 27.7 Å². The third-order valence-electron chi connectivity index (χ3n) is 4.65. The molecule has 0 atom stereocenters. The van der Waals surface area contributed by atoms with Crippen LogP contribution in [0, 0.1) is 0 Å². The number of rotatable bonds is 14. The summed E-state index contributed by atoms with van der Waals surface area (Å²) in [5.41, 5.74) is 0. The molecule has 2 heteroatoms. The molecule has 0 spiro atoms. The Morgan fingerprint density at radius 1 is 0.591 bits per heavy atom. The molecule has 0 aliphatic rings. The van der Waals surface area contributed by atoms with Gasteiger partial charge in [0.1, 0.15) is 6.29 Å². The number of hydrogen-bond donors (Lipinski definition) is 0. The first-order valence-electron chi connectivity index (χ1n) is 10.1. The van der Waals surface area contributed by atoms with Gasteiger partial charge < -0.3 is 4.79 Å². The normalized spacial score (nSPS) is 11.0. The maximum absolute atomic E-state index is 9.40. The first kappa shape index (κ1) is 24.7. The van der Waals surface area contributed by atoms with Crippen LogP contribution in [0.2, 0.25) is 17.7 Å². The molecule has 0 radical (unpaired) electrons. The van der Waals surface area contributed by atoms with Gasteiger partial charge in [-0.2, -0.15) is 0 Å². The molecule has 0 aromatic heterocycles. The van der Waals surface area contributed by atoms with E-state index in [1.807, 2.05) is 6.92 Å². The van der Waals surface area contributed by atoms with Crippen LogP contribution in [0.15, 0.2) is 0 Å². The fourth-order valence-electron chi connectivity index (χ4n) is 3.07. The van der Waals surface area contributed by atoms with E-state index in [0.29, 0.717) is 6.42 Å². The topological polar surface area (TPSA) is 17.1 Å². The molecule has 0 aromatic carbocycles. The monoisotopic (exact) mass is 420 g/mol. The molecule has 0 amide bonds. The van der Waals surface area contributed by atoms with Gasteiger partial charge in [0.25, 0.3) is 0 Å². The first-order chi connectivity index (χ1) is 10.7. The Bertz CT molecular complexity index is 178. The third kappa shape index (κ3) is 15.4. The van der Waals surface area contributed by atoms with Crippen molar-refractivity contribution in [3.63, 3.8) is 0 Å². The number of carbonyl (C=O) groups excluding carboxylic acids is 1. The molecule has 0 saturated carbocycles. The van der Waals surface area contributed by atoms with Crippen LogP contribution in [0.4, 0.5) is 0 Å². The second kappa shape index (κ2) is 19.5. The van der Waals surface area contributed by atoms with E-state index >= 15 is 0 Å². The maximum atomic E-state index is 9.40. The standard InChI is InChI=1S/C4H8O.4C4H9.Sn/c1-2-3-4-5;4*1-3-4-2;/h4H,2-3H2,1H3;4*1,3-4H2,2H3;. The number of aldehydes is 1. The zero-order valence-electron chi connectivity index (χ0n) is 16.4. The van der Waals surface area contributed by atoms with Crippen LogP contribution in [-0.4, -0.2) is 24.7 Å². The summed E-state index contributed by atoms with van der Waals surface area (Å²) < 4.78 is 6.80. The number of unbranched alkanes of at least 4 members (excludes halogenated alkanes) is 5. The van der Waals surface area contributed by atoms with Crippen LogP contribution in [0.25, 0.3) is 0 Å². The molecule has 0 bridgehead atoms. The average Bonchev–Trinajstić information content (AvgIpc) is 2.55. The van der Waals surface area contributed by atoms with Crippen molar-refractivity contribution in [1.82, 2.24) is 0 Å². The summed E-state index contributed by atoms with van der Waals surface area (Å²) in [7, 11) is 0. The molecule has 0 aromatic rings. The van der Waals surface area contributed by atoms with E-state index in [0.717, 1.165) is 12.7 Å². The van der Waals surface area contributed by atoms with Gasteiger partial charge in [0.05, 0.1) is 0 Å². The third-order valence-corrected chi connectivity index (χ3v) is 20.8. The minimum absolute atomic E-state index is 0.708. The van der Waals surface area contributed by atoms with Gasteiger partial charge in [-0.15, -0.1) is 0 Å². The molecule has 0 aliphatic carbocycles. The summed E-state index contributed by atoms with van der Waals surface area (Å²) in [6.45, 7) is 11.5. The fourth-order valence-corrected chi connectivity index (χ4v) is 20.0. The van der Waals surface area contributed by atoms with Crippen molar-refractivity contribution >= 4 is 24.7 Å². The van der Waals surface area contributed by atoms with Gasteiger partial charge >= 0.3 is 115 Å². The van der Waals surface area contributed by atoms with Gasteiger partial charge in [-0.1, -0.05) is 6.92 Å². The molecule has 134 valence electrons. The van der Waals surface area contributed by atoms with Gasteiger partial charge in [0.2, 0.25) is 0 Å². The van der Waals surface area contributed by atoms with E-state index in [1.54, 1.807) is 17.7 Å². The Kier molecular flexibility index (Phi) is 21.9. The van der Waals surface area contributed by atoms with E-state index in [4.69, 9.17) is 0 Å². The van der Waals surface area contributed by atoms with Gasteiger partial charge in [-0.25, -0.2) is 0 Å². The van der Waals surface area contributed by atoms with Crippen molar-refractivity contribution in [1.29, 1.82) is 0 Å². The van der Waals surface area contributed by atoms with E-state index in [9.17, 15) is 4.79 Å². The van der Waals surface area contributed by atoms with Crippen molar-refractivity contribution in [3.8, 4) is 0 Å². The zero-order chi connectivity index (χ0) is 17.1. The number of hydrogen-bond acceptors (Lipinski definition) is 1. The quantitative estimate of drug-likeness (QED) is 0.209. The molecule has 0 heterocycles. The Labute approximate surface area is 145 Å². The molecular weight excluding hydrogens is 375 g/mol. The molecule has 0 fully saturated rings. The van der Waals surface area contributed by atoms with Crippen molar-refractivity contribution < 1.29 is 4.79 Å². The van der Waals surface area contributed by atoms with Crippen molar-refractivity contribution in [2.75, 3.05) is 0 Å². The summed E-state index contributed by atoms with van der Waals surface area (Å²) in [5, 5.41) is 0. The summed E-state index contributed by atoms with van der Waals surface area (Å²) in [6.07, 6.45) is 14.4. The second-order valence-electron chi connectivity index (χ2n) is 6.87. The number of carbonyl (C=O) groups is 1. The summed E-state index contributed by atoms with van der Waals surface area (Å²) in [6, 6.07) is 0. The Morgan fingerprint density at radius 2 is 0.909 bits per heavy atom. The Morgan fingerprint density at radius 3 is 1.05 bits per heavy atom.